The second-order valence-corrected chi connectivity index (χ2v) is 7.79. The van der Waals surface area contributed by atoms with Crippen molar-refractivity contribution in [3.05, 3.63) is 145 Å². The summed E-state index contributed by atoms with van der Waals surface area (Å²) < 4.78 is 0. The fourth-order valence-corrected chi connectivity index (χ4v) is 4.06. The van der Waals surface area contributed by atoms with Crippen molar-refractivity contribution in [2.75, 3.05) is 0 Å². The Morgan fingerprint density at radius 3 is 1.18 bits per heavy atom. The van der Waals surface area contributed by atoms with Crippen molar-refractivity contribution in [3.63, 3.8) is 0 Å². The summed E-state index contributed by atoms with van der Waals surface area (Å²) in [6, 6.07) is 16.6. The number of para-hydroxylation sites is 2. The van der Waals surface area contributed by atoms with Crippen LogP contribution in [-0.2, 0) is 0 Å². The molecule has 0 fully saturated rings. The highest BCUT2D eigenvalue weighted by Gasteiger charge is 2.25. The smallest absolute Gasteiger partial charge is 0.291 e. The fourth-order valence-electron chi connectivity index (χ4n) is 4.06. The van der Waals surface area contributed by atoms with Crippen molar-refractivity contribution in [1.29, 1.82) is 0 Å². The van der Waals surface area contributed by atoms with E-state index >= 15 is 0 Å². The molecule has 44 heavy (non-hydrogen) atoms. The molecule has 2 aromatic heterocycles. The number of hydrogen-bond acceptors (Lipinski definition) is 12. The predicted octanol–water partition coefficient (Wildman–Crippen LogP) is 1.29. The fraction of sp³-hybridized carbons (Fsp3) is 0. The van der Waals surface area contributed by atoms with Crippen LogP contribution in [0.15, 0.2) is 72.8 Å². The lowest BCUT2D eigenvalue weighted by molar-refractivity contribution is -0.742. The standard InChI is InChI=1S/C26H14N2.2HNO3.2NO3/c1-5-13-21-17(9-1)25(18-10-2-6-14-22(18)27-21)26-19-11-3-7-15-23(19)28-24-16-8-4-12-20(24)26;4*2-1(3)4/h1-9,11,13-16H;2*(H,2,3,4);;/q+2;;;2*-1. The van der Waals surface area contributed by atoms with E-state index in [1.54, 1.807) is 0 Å². The molecule has 2 aromatic carbocycles. The Bertz CT molecular complexity index is 1860. The van der Waals surface area contributed by atoms with Gasteiger partial charge < -0.3 is 41.1 Å². The summed E-state index contributed by atoms with van der Waals surface area (Å²) in [7, 11) is 0. The minimum absolute atomic E-state index is 0.946. The lowest BCUT2D eigenvalue weighted by Crippen LogP contribution is -2.36. The SMILES string of the molecule is O=[N+]([O-])O.O=[N+]([O-])O.O=[N+]([O-])[O-].O=[N+]([O-])[O-].[C+]1=c2c(-c3c4c(nc5ccccc35)=CC=C[C+]=4)c3ccccc3nc2=CC=C1. The van der Waals surface area contributed by atoms with Gasteiger partial charge in [0.05, 0.1) is 44.1 Å². The normalized spacial score (nSPS) is 10.6. The number of nitrogens with zero attached hydrogens (tertiary/aromatic N) is 6. The summed E-state index contributed by atoms with van der Waals surface area (Å²) in [6.45, 7) is 0. The van der Waals surface area contributed by atoms with Crippen molar-refractivity contribution >= 4 is 46.1 Å². The number of rotatable bonds is 1. The molecule has 2 heterocycles. The molecule has 2 N–H and O–H groups in total. The van der Waals surface area contributed by atoms with Crippen LogP contribution in [0.5, 0.6) is 0 Å². The minimum Gasteiger partial charge on any atom is -0.356 e. The van der Waals surface area contributed by atoms with E-state index in [9.17, 15) is 0 Å². The summed E-state index contributed by atoms with van der Waals surface area (Å²) in [5.41, 5.74) is 4.25. The van der Waals surface area contributed by atoms with E-state index in [0.717, 1.165) is 54.1 Å². The number of allylic oxidation sites excluding steroid dienone is 4. The molecule has 2 aliphatic rings. The van der Waals surface area contributed by atoms with E-state index < -0.39 is 20.3 Å². The zero-order chi connectivity index (χ0) is 32.8. The van der Waals surface area contributed by atoms with Gasteiger partial charge in [0.2, 0.25) is 0 Å². The van der Waals surface area contributed by atoms with Crippen molar-refractivity contribution in [2.24, 2.45) is 0 Å². The van der Waals surface area contributed by atoms with Crippen LogP contribution in [0.4, 0.5) is 0 Å². The lowest BCUT2D eigenvalue weighted by atomic mass is 9.92. The number of benzene rings is 2. The molecule has 18 heteroatoms. The van der Waals surface area contributed by atoms with Crippen LogP contribution in [0.3, 0.4) is 0 Å². The van der Waals surface area contributed by atoms with Gasteiger partial charge in [0.1, 0.15) is 11.1 Å². The van der Waals surface area contributed by atoms with Gasteiger partial charge in [-0.25, -0.2) is 0 Å². The molecule has 0 aliphatic heterocycles. The van der Waals surface area contributed by atoms with Crippen LogP contribution in [0.1, 0.15) is 0 Å². The van der Waals surface area contributed by atoms with Gasteiger partial charge in [-0.2, -0.15) is 9.97 Å². The molecule has 0 unspecified atom stereocenters. The molecule has 0 spiro atoms. The molecule has 4 aromatic rings. The number of aromatic nitrogens is 2. The zero-order valence-electron chi connectivity index (χ0n) is 21.7. The van der Waals surface area contributed by atoms with Gasteiger partial charge in [-0.1, -0.05) is 24.3 Å². The van der Waals surface area contributed by atoms with Gasteiger partial charge in [-0.05, 0) is 24.3 Å². The van der Waals surface area contributed by atoms with Crippen LogP contribution in [0.25, 0.3) is 57.2 Å². The number of fused-ring (bicyclic) bond motifs is 4. The highest BCUT2D eigenvalue weighted by Crippen LogP contribution is 2.27. The molecule has 0 radical (unpaired) electrons. The molecule has 222 valence electrons. The Labute approximate surface area is 243 Å². The first-order valence-corrected chi connectivity index (χ1v) is 11.5. The Kier molecular flexibility index (Phi) is 11.7. The summed E-state index contributed by atoms with van der Waals surface area (Å²) >= 11 is 0. The summed E-state index contributed by atoms with van der Waals surface area (Å²) in [5, 5.41) is 63.0. The van der Waals surface area contributed by atoms with Crippen LogP contribution < -0.4 is 21.1 Å². The Hall–Kier alpha value is -7.16. The molecular formula is C26H16N6O12. The largest absolute Gasteiger partial charge is 0.356 e. The van der Waals surface area contributed by atoms with Gasteiger partial charge in [-0.3, -0.25) is 0 Å². The van der Waals surface area contributed by atoms with Crippen LogP contribution in [0.2, 0.25) is 0 Å². The molecule has 0 saturated heterocycles. The van der Waals surface area contributed by atoms with Gasteiger partial charge in [-0.15, -0.1) is 20.2 Å². The van der Waals surface area contributed by atoms with Crippen molar-refractivity contribution in [1.82, 2.24) is 9.97 Å². The highest BCUT2D eigenvalue weighted by atomic mass is 16.9. The van der Waals surface area contributed by atoms with Gasteiger partial charge in [0.25, 0.3) is 10.2 Å². The molecule has 6 rings (SSSR count). The number of pyridine rings is 2. The first-order valence-electron chi connectivity index (χ1n) is 11.5. The summed E-state index contributed by atoms with van der Waals surface area (Å²) in [4.78, 5) is 43.0. The maximum absolute atomic E-state index is 8.36. The molecule has 0 saturated carbocycles. The topological polar surface area (TPSA) is 285 Å². The molecule has 0 bridgehead atoms. The second-order valence-electron chi connectivity index (χ2n) is 7.79. The third-order valence-electron chi connectivity index (χ3n) is 5.25. The molecule has 0 amide bonds. The minimum atomic E-state index is -1.75. The Morgan fingerprint density at radius 2 is 0.864 bits per heavy atom. The summed E-state index contributed by atoms with van der Waals surface area (Å²) in [6.07, 6.45) is 18.9. The van der Waals surface area contributed by atoms with E-state index in [1.807, 2.05) is 36.4 Å². The van der Waals surface area contributed by atoms with Crippen LogP contribution in [0, 0.1) is 50.9 Å². The van der Waals surface area contributed by atoms with E-state index in [4.69, 9.17) is 71.3 Å². The van der Waals surface area contributed by atoms with E-state index in [-0.39, 0.29) is 0 Å². The average Bonchev–Trinajstić information content (AvgIpc) is 2.94. The van der Waals surface area contributed by atoms with Gasteiger partial charge in [0.15, 0.2) is 21.1 Å². The second kappa shape index (κ2) is 15.6. The van der Waals surface area contributed by atoms with Gasteiger partial charge >= 0.3 is 0 Å². The Morgan fingerprint density at radius 1 is 0.568 bits per heavy atom. The monoisotopic (exact) mass is 604 g/mol. The molecule has 2 aliphatic carbocycles. The van der Waals surface area contributed by atoms with E-state index in [2.05, 4.69) is 60.7 Å². The lowest BCUT2D eigenvalue weighted by Gasteiger charge is -2.05. The van der Waals surface area contributed by atoms with E-state index in [0.29, 0.717) is 0 Å². The van der Waals surface area contributed by atoms with Crippen LogP contribution in [-0.4, -0.2) is 40.7 Å². The van der Waals surface area contributed by atoms with Gasteiger partial charge in [0, 0.05) is 36.5 Å². The Balaban J connectivity index is 0.000000354. The third-order valence-corrected chi connectivity index (χ3v) is 5.25. The quantitative estimate of drug-likeness (QED) is 0.176. The molecular weight excluding hydrogens is 588 g/mol. The van der Waals surface area contributed by atoms with Crippen molar-refractivity contribution in [3.8, 4) is 11.1 Å². The maximum Gasteiger partial charge on any atom is 0.291 e. The maximum atomic E-state index is 8.36. The van der Waals surface area contributed by atoms with E-state index in [1.165, 1.54) is 0 Å². The third kappa shape index (κ3) is 9.49. The molecule has 0 atom stereocenters. The zero-order valence-corrected chi connectivity index (χ0v) is 21.7. The summed E-state index contributed by atoms with van der Waals surface area (Å²) in [5.74, 6) is 0. The average molecular weight is 604 g/mol. The highest BCUT2D eigenvalue weighted by molar-refractivity contribution is 6.04. The first kappa shape index (κ1) is 33.0. The predicted molar refractivity (Wildman–Crippen MR) is 153 cm³/mol. The van der Waals surface area contributed by atoms with Crippen molar-refractivity contribution < 1.29 is 30.8 Å². The number of hydrogen-bond donors (Lipinski definition) is 2. The van der Waals surface area contributed by atoms with Crippen molar-refractivity contribution in [2.45, 2.75) is 0 Å². The molecule has 18 nitrogen and oxygen atoms in total. The first-order chi connectivity index (χ1) is 20.8. The van der Waals surface area contributed by atoms with Crippen LogP contribution >= 0.6 is 0 Å².